The number of ether oxygens (including phenoxy) is 2. The van der Waals surface area contributed by atoms with E-state index in [-0.39, 0.29) is 25.8 Å². The van der Waals surface area contributed by atoms with Crippen molar-refractivity contribution in [1.82, 2.24) is 0 Å². The minimum Gasteiger partial charge on any atom is -0.457 e. The molecule has 0 heterocycles. The Morgan fingerprint density at radius 1 is 0.425 bits per heavy atom. The van der Waals surface area contributed by atoms with Crippen molar-refractivity contribution in [3.63, 3.8) is 0 Å². The molecule has 0 aromatic rings. The molecule has 0 amide bonds. The first-order valence-corrected chi connectivity index (χ1v) is 31.1. The molecule has 0 aliphatic carbocycles. The van der Waals surface area contributed by atoms with Crippen molar-refractivity contribution in [1.29, 1.82) is 0 Å². The van der Waals surface area contributed by atoms with Crippen LogP contribution in [0.1, 0.15) is 232 Å². The van der Waals surface area contributed by atoms with Gasteiger partial charge in [0.15, 0.2) is 0 Å². The van der Waals surface area contributed by atoms with Crippen LogP contribution >= 0.6 is 7.82 Å². The van der Waals surface area contributed by atoms with Crippen molar-refractivity contribution in [2.24, 2.45) is 0 Å². The molecule has 0 saturated heterocycles. The van der Waals surface area contributed by atoms with Gasteiger partial charge in [0.25, 0.3) is 0 Å². The van der Waals surface area contributed by atoms with Crippen LogP contribution in [0.4, 0.5) is 0 Å². The van der Waals surface area contributed by atoms with Crippen LogP contribution in [-0.4, -0.2) is 75.6 Å². The fraction of sp³-hybridized carbons (Fsp3) is 0.703. The van der Waals surface area contributed by atoms with Gasteiger partial charge in [0.05, 0.1) is 34.4 Å². The summed E-state index contributed by atoms with van der Waals surface area (Å²) >= 11 is 0. The normalized spacial score (nSPS) is 14.2. The predicted octanol–water partition coefficient (Wildman–Crippen LogP) is 19.1. The van der Waals surface area contributed by atoms with E-state index in [2.05, 4.69) is 123 Å². The molecule has 2 atom stereocenters. The Labute approximate surface area is 450 Å². The van der Waals surface area contributed by atoms with Crippen LogP contribution in [0.5, 0.6) is 0 Å². The molecule has 0 rings (SSSR count). The molecule has 420 valence electrons. The number of unbranched alkanes of at least 4 members (excludes halogenated alkanes) is 22. The molecule has 0 aromatic carbocycles. The van der Waals surface area contributed by atoms with Crippen molar-refractivity contribution >= 4 is 13.8 Å². The van der Waals surface area contributed by atoms with Crippen molar-refractivity contribution in [2.45, 2.75) is 238 Å². The lowest BCUT2D eigenvalue weighted by Gasteiger charge is -2.24. The Bertz CT molecular complexity index is 1530. The summed E-state index contributed by atoms with van der Waals surface area (Å²) in [7, 11) is 1.65. The Kier molecular flexibility index (Phi) is 53.2. The van der Waals surface area contributed by atoms with Gasteiger partial charge in [-0.1, -0.05) is 239 Å². The molecule has 2 unspecified atom stereocenters. The molecule has 73 heavy (non-hydrogen) atoms. The average Bonchev–Trinajstić information content (AvgIpc) is 3.35. The van der Waals surface area contributed by atoms with Gasteiger partial charge in [0, 0.05) is 13.0 Å². The maximum absolute atomic E-state index is 12.8. The van der Waals surface area contributed by atoms with Crippen molar-refractivity contribution in [2.75, 3.05) is 54.1 Å². The number of carbonyl (C=O) groups excluding carboxylic acids is 1. The van der Waals surface area contributed by atoms with Gasteiger partial charge in [-0.15, -0.1) is 0 Å². The van der Waals surface area contributed by atoms with E-state index in [0.717, 1.165) is 96.3 Å². The largest absolute Gasteiger partial charge is 0.472 e. The molecule has 0 aromatic heterocycles. The summed E-state index contributed by atoms with van der Waals surface area (Å²) in [6.07, 6.45) is 78.7. The van der Waals surface area contributed by atoms with Crippen molar-refractivity contribution < 1.29 is 37.3 Å². The predicted molar refractivity (Wildman–Crippen MR) is 316 cm³/mol. The fourth-order valence-electron chi connectivity index (χ4n) is 7.87. The number of nitrogens with zero attached hydrogens (tertiary/aromatic N) is 1. The molecule has 0 aliphatic heterocycles. The second-order valence-electron chi connectivity index (χ2n) is 20.6. The van der Waals surface area contributed by atoms with Gasteiger partial charge in [-0.05, 0) is 96.3 Å². The molecule has 0 radical (unpaired) electrons. The molecule has 1 N–H and O–H groups in total. The summed E-state index contributed by atoms with van der Waals surface area (Å²) < 4.78 is 35.3. The zero-order chi connectivity index (χ0) is 53.3. The fourth-order valence-corrected chi connectivity index (χ4v) is 8.61. The van der Waals surface area contributed by atoms with Crippen LogP contribution in [0.15, 0.2) is 109 Å². The van der Waals surface area contributed by atoms with Gasteiger partial charge >= 0.3 is 13.8 Å². The van der Waals surface area contributed by atoms with Gasteiger partial charge in [0.2, 0.25) is 0 Å². The Morgan fingerprint density at radius 3 is 1.12 bits per heavy atom. The zero-order valence-corrected chi connectivity index (χ0v) is 48.7. The molecule has 8 nitrogen and oxygen atoms in total. The van der Waals surface area contributed by atoms with E-state index in [1.807, 2.05) is 21.1 Å². The van der Waals surface area contributed by atoms with Crippen LogP contribution in [-0.2, 0) is 27.9 Å². The first-order chi connectivity index (χ1) is 35.6. The third-order valence-electron chi connectivity index (χ3n) is 12.3. The van der Waals surface area contributed by atoms with E-state index < -0.39 is 13.9 Å². The highest BCUT2D eigenvalue weighted by Gasteiger charge is 2.26. The summed E-state index contributed by atoms with van der Waals surface area (Å²) in [5.74, 6) is -0.322. The first-order valence-electron chi connectivity index (χ1n) is 29.6. The number of esters is 1. The first kappa shape index (κ1) is 70.2. The Balaban J connectivity index is 4.09. The molecule has 0 aliphatic rings. The van der Waals surface area contributed by atoms with E-state index in [1.165, 1.54) is 116 Å². The van der Waals surface area contributed by atoms with E-state index >= 15 is 0 Å². The number of carbonyl (C=O) groups is 1. The lowest BCUT2D eigenvalue weighted by Crippen LogP contribution is -2.37. The molecule has 0 bridgehead atoms. The van der Waals surface area contributed by atoms with Gasteiger partial charge in [0.1, 0.15) is 19.3 Å². The van der Waals surface area contributed by atoms with Crippen molar-refractivity contribution in [3.05, 3.63) is 109 Å². The third-order valence-corrected chi connectivity index (χ3v) is 13.3. The summed E-state index contributed by atoms with van der Waals surface area (Å²) in [4.78, 5) is 23.1. The molecule has 0 spiro atoms. The summed E-state index contributed by atoms with van der Waals surface area (Å²) in [5.41, 5.74) is 0. The average molecular weight is 1040 g/mol. The topological polar surface area (TPSA) is 91.3 Å². The summed E-state index contributed by atoms with van der Waals surface area (Å²) in [6.45, 7) is 5.39. The number of likely N-dealkylation sites (N-methyl/N-ethyl adjacent to an activating group) is 1. The number of rotatable bonds is 54. The monoisotopic (exact) mass is 1040 g/mol. The van der Waals surface area contributed by atoms with Crippen LogP contribution in [0.3, 0.4) is 0 Å². The van der Waals surface area contributed by atoms with E-state index in [4.69, 9.17) is 18.5 Å². The van der Waals surface area contributed by atoms with E-state index in [1.54, 1.807) is 0 Å². The van der Waals surface area contributed by atoms with E-state index in [9.17, 15) is 14.3 Å². The van der Waals surface area contributed by atoms with Crippen LogP contribution in [0.25, 0.3) is 0 Å². The van der Waals surface area contributed by atoms with E-state index in [0.29, 0.717) is 24.1 Å². The number of hydrogen-bond acceptors (Lipinski definition) is 6. The minimum absolute atomic E-state index is 0.0820. The van der Waals surface area contributed by atoms with Crippen LogP contribution < -0.4 is 0 Å². The molecule has 9 heteroatoms. The van der Waals surface area contributed by atoms with Gasteiger partial charge in [-0.25, -0.2) is 4.57 Å². The van der Waals surface area contributed by atoms with Gasteiger partial charge < -0.3 is 18.9 Å². The molecular formula is C64H113NO7P+. The maximum Gasteiger partial charge on any atom is 0.472 e. The lowest BCUT2D eigenvalue weighted by atomic mass is 10.0. The summed E-state index contributed by atoms with van der Waals surface area (Å²) in [5, 5.41) is 0. The second kappa shape index (κ2) is 55.4. The number of phosphoric acid groups is 1. The number of allylic oxidation sites excluding steroid dienone is 18. The Morgan fingerprint density at radius 2 is 0.753 bits per heavy atom. The van der Waals surface area contributed by atoms with Crippen molar-refractivity contribution in [3.8, 4) is 0 Å². The van der Waals surface area contributed by atoms with Crippen LogP contribution in [0.2, 0.25) is 0 Å². The highest BCUT2D eigenvalue weighted by atomic mass is 31.2. The van der Waals surface area contributed by atoms with Gasteiger partial charge in [-0.3, -0.25) is 13.8 Å². The molecule has 0 saturated carbocycles. The number of quaternary nitrogens is 1. The quantitative estimate of drug-likeness (QED) is 0.0213. The second-order valence-corrected chi connectivity index (χ2v) is 22.1. The Hall–Kier alpha value is -2.84. The summed E-state index contributed by atoms with van der Waals surface area (Å²) in [6, 6.07) is 0. The molecular weight excluding hydrogens is 926 g/mol. The SMILES string of the molecule is CC/C=C\C/C=C\C/C=C\C/C=C\C/C=C\CCCCCCCCCCCC(=O)OC(COCCCCCCCCCCCCCCC/C=C\C/C=C\C/C=C\C/C=C\CC)COP(=O)(O)OCC[N+](C)(C)C. The molecule has 0 fully saturated rings. The minimum atomic E-state index is -4.30. The van der Waals surface area contributed by atoms with Crippen LogP contribution in [0, 0.1) is 0 Å². The number of hydrogen-bond donors (Lipinski definition) is 1. The number of phosphoric ester groups is 1. The maximum atomic E-state index is 12.8. The standard InChI is InChI=1S/C64H112NO7P/c1-6-8-10-12-14-16-18-20-22-24-26-28-30-32-34-36-38-40-42-44-46-48-50-52-54-56-59-69-61-63(62-71-73(67,68)70-60-58-65(3,4)5)72-64(66)57-55-53-51-49-47-45-43-41-39-37-35-33-31-29-27-25-23-21-19-17-15-13-11-9-7-2/h8-11,14-17,20-23,26-29,33,35,63H,6-7,12-13,18-19,24-25,30-32,34,36-62H2,1-5H3/p+1/b10-8-,11-9-,16-14-,17-15-,22-20-,23-21-,28-26-,29-27-,35-33-. The third kappa shape index (κ3) is 59.9. The highest BCUT2D eigenvalue weighted by Crippen LogP contribution is 2.43. The smallest absolute Gasteiger partial charge is 0.457 e. The van der Waals surface area contributed by atoms with Gasteiger partial charge in [-0.2, -0.15) is 0 Å². The highest BCUT2D eigenvalue weighted by molar-refractivity contribution is 7.47. The lowest BCUT2D eigenvalue weighted by molar-refractivity contribution is -0.870. The zero-order valence-electron chi connectivity index (χ0n) is 47.8.